The second-order valence-corrected chi connectivity index (χ2v) is 7.64. The molecule has 21 heavy (non-hydrogen) atoms. The van der Waals surface area contributed by atoms with E-state index in [1.807, 2.05) is 0 Å². The number of sulfonamides is 1. The van der Waals surface area contributed by atoms with Gasteiger partial charge in [0.15, 0.2) is 0 Å². The fraction of sp³-hybridized carbons (Fsp3) is 0.786. The Morgan fingerprint density at radius 3 is 2.48 bits per heavy atom. The first-order chi connectivity index (χ1) is 9.98. The summed E-state index contributed by atoms with van der Waals surface area (Å²) in [6.07, 6.45) is 5.97. The Bertz CT molecular complexity index is 542. The van der Waals surface area contributed by atoms with Gasteiger partial charge in [0.05, 0.1) is 11.4 Å². The van der Waals surface area contributed by atoms with Crippen molar-refractivity contribution in [3.8, 4) is 0 Å². The highest BCUT2D eigenvalue weighted by Gasteiger charge is 2.34. The molecule has 120 valence electrons. The summed E-state index contributed by atoms with van der Waals surface area (Å²) in [5.41, 5.74) is 6.74. The van der Waals surface area contributed by atoms with Crippen LogP contribution in [0.15, 0.2) is 4.90 Å². The molecule has 0 bridgehead atoms. The van der Waals surface area contributed by atoms with Crippen LogP contribution in [-0.4, -0.2) is 42.1 Å². The van der Waals surface area contributed by atoms with Crippen molar-refractivity contribution in [2.45, 2.75) is 63.3 Å². The van der Waals surface area contributed by atoms with Gasteiger partial charge in [0.25, 0.3) is 0 Å². The number of hydrogen-bond acceptors (Lipinski definition) is 4. The number of nitrogens with one attached hydrogen (secondary N) is 1. The highest BCUT2D eigenvalue weighted by Crippen LogP contribution is 2.29. The zero-order valence-electron chi connectivity index (χ0n) is 12.9. The molecule has 1 fully saturated rings. The molecule has 0 aromatic carbocycles. The number of hydrogen-bond donors (Lipinski definition) is 2. The van der Waals surface area contributed by atoms with Crippen molar-refractivity contribution in [2.24, 2.45) is 5.73 Å². The molecule has 1 aromatic heterocycles. The van der Waals surface area contributed by atoms with Gasteiger partial charge in [0.2, 0.25) is 10.0 Å². The average Bonchev–Trinajstić information content (AvgIpc) is 2.80. The van der Waals surface area contributed by atoms with Gasteiger partial charge in [0, 0.05) is 12.6 Å². The van der Waals surface area contributed by atoms with Crippen LogP contribution in [0.3, 0.4) is 0 Å². The standard InChI is InChI=1S/C14H26N4O2S/c1-11-14(12(2)17-16-11)21(19,20)18(10-6-9-15)13-7-4-3-5-8-13/h13H,3-10,15H2,1-2H3,(H,16,17). The van der Waals surface area contributed by atoms with Gasteiger partial charge in [-0.15, -0.1) is 0 Å². The molecular formula is C14H26N4O2S. The third-order valence-electron chi connectivity index (χ3n) is 4.19. The van der Waals surface area contributed by atoms with E-state index in [4.69, 9.17) is 5.73 Å². The summed E-state index contributed by atoms with van der Waals surface area (Å²) < 4.78 is 27.8. The Kier molecular flexibility index (Phi) is 5.40. The van der Waals surface area contributed by atoms with Crippen molar-refractivity contribution >= 4 is 10.0 Å². The maximum atomic E-state index is 13.1. The fourth-order valence-corrected chi connectivity index (χ4v) is 5.21. The summed E-state index contributed by atoms with van der Waals surface area (Å²) in [5, 5.41) is 6.81. The summed E-state index contributed by atoms with van der Waals surface area (Å²) in [6.45, 7) is 4.49. The number of rotatable bonds is 6. The van der Waals surface area contributed by atoms with Crippen LogP contribution in [0, 0.1) is 13.8 Å². The monoisotopic (exact) mass is 314 g/mol. The number of aromatic amines is 1. The number of aromatic nitrogens is 2. The van der Waals surface area contributed by atoms with Gasteiger partial charge in [-0.1, -0.05) is 19.3 Å². The summed E-state index contributed by atoms with van der Waals surface area (Å²) in [4.78, 5) is 0.338. The Labute approximate surface area is 127 Å². The molecule has 0 unspecified atom stereocenters. The van der Waals surface area contributed by atoms with E-state index in [9.17, 15) is 8.42 Å². The lowest BCUT2D eigenvalue weighted by Gasteiger charge is -2.33. The van der Waals surface area contributed by atoms with Crippen LogP contribution in [0.25, 0.3) is 0 Å². The number of nitrogens with two attached hydrogens (primary N) is 1. The minimum absolute atomic E-state index is 0.101. The van der Waals surface area contributed by atoms with Gasteiger partial charge >= 0.3 is 0 Å². The molecule has 0 aliphatic heterocycles. The average molecular weight is 314 g/mol. The largest absolute Gasteiger partial charge is 0.330 e. The molecule has 1 aliphatic carbocycles. The first kappa shape index (κ1) is 16.5. The second-order valence-electron chi connectivity index (χ2n) is 5.81. The normalized spacial score (nSPS) is 17.5. The van der Waals surface area contributed by atoms with E-state index in [1.165, 1.54) is 6.42 Å². The van der Waals surface area contributed by atoms with Gasteiger partial charge in [-0.05, 0) is 39.7 Å². The molecule has 1 aliphatic rings. The van der Waals surface area contributed by atoms with Crippen LogP contribution >= 0.6 is 0 Å². The number of nitrogens with zero attached hydrogens (tertiary/aromatic N) is 2. The molecule has 1 heterocycles. The van der Waals surface area contributed by atoms with Crippen LogP contribution in [0.2, 0.25) is 0 Å². The maximum absolute atomic E-state index is 13.1. The predicted molar refractivity (Wildman–Crippen MR) is 82.5 cm³/mol. The van der Waals surface area contributed by atoms with Crippen molar-refractivity contribution in [2.75, 3.05) is 13.1 Å². The van der Waals surface area contributed by atoms with Crippen LogP contribution in [0.5, 0.6) is 0 Å². The maximum Gasteiger partial charge on any atom is 0.246 e. The van der Waals surface area contributed by atoms with E-state index in [-0.39, 0.29) is 6.04 Å². The lowest BCUT2D eigenvalue weighted by Crippen LogP contribution is -2.42. The minimum atomic E-state index is -3.51. The third kappa shape index (κ3) is 3.46. The summed E-state index contributed by atoms with van der Waals surface area (Å²) in [7, 11) is -3.51. The zero-order valence-corrected chi connectivity index (χ0v) is 13.7. The number of aryl methyl sites for hydroxylation is 2. The van der Waals surface area contributed by atoms with Crippen LogP contribution in [0.1, 0.15) is 49.9 Å². The Morgan fingerprint density at radius 1 is 1.29 bits per heavy atom. The molecule has 6 nitrogen and oxygen atoms in total. The molecule has 0 spiro atoms. The molecule has 2 rings (SSSR count). The van der Waals surface area contributed by atoms with Crippen molar-refractivity contribution in [1.82, 2.24) is 14.5 Å². The number of H-pyrrole nitrogens is 1. The molecule has 0 amide bonds. The van der Waals surface area contributed by atoms with E-state index in [0.717, 1.165) is 25.7 Å². The minimum Gasteiger partial charge on any atom is -0.330 e. The quantitative estimate of drug-likeness (QED) is 0.836. The molecule has 1 aromatic rings. The SMILES string of the molecule is Cc1n[nH]c(C)c1S(=O)(=O)N(CCCN)C1CCCCC1. The molecule has 1 saturated carbocycles. The molecule has 3 N–H and O–H groups in total. The molecule has 0 saturated heterocycles. The van der Waals surface area contributed by atoms with E-state index < -0.39 is 10.0 Å². The molecule has 0 radical (unpaired) electrons. The van der Waals surface area contributed by atoms with E-state index in [0.29, 0.717) is 35.8 Å². The lowest BCUT2D eigenvalue weighted by molar-refractivity contribution is 0.252. The lowest BCUT2D eigenvalue weighted by atomic mass is 9.95. The van der Waals surface area contributed by atoms with Gasteiger partial charge in [-0.3, -0.25) is 5.10 Å². The fourth-order valence-electron chi connectivity index (χ4n) is 3.15. The van der Waals surface area contributed by atoms with Crippen LogP contribution < -0.4 is 5.73 Å². The predicted octanol–water partition coefficient (Wildman–Crippen LogP) is 1.70. The first-order valence-corrected chi connectivity index (χ1v) is 9.16. The Balaban J connectivity index is 2.34. The van der Waals surface area contributed by atoms with Crippen LogP contribution in [0.4, 0.5) is 0 Å². The summed E-state index contributed by atoms with van der Waals surface area (Å²) >= 11 is 0. The molecular weight excluding hydrogens is 288 g/mol. The topological polar surface area (TPSA) is 92.1 Å². The van der Waals surface area contributed by atoms with Gasteiger partial charge < -0.3 is 5.73 Å². The van der Waals surface area contributed by atoms with E-state index in [1.54, 1.807) is 18.2 Å². The van der Waals surface area contributed by atoms with Crippen molar-refractivity contribution < 1.29 is 8.42 Å². The van der Waals surface area contributed by atoms with E-state index >= 15 is 0 Å². The van der Waals surface area contributed by atoms with E-state index in [2.05, 4.69) is 10.2 Å². The van der Waals surface area contributed by atoms with Crippen molar-refractivity contribution in [1.29, 1.82) is 0 Å². The Hall–Kier alpha value is -0.920. The third-order valence-corrected chi connectivity index (χ3v) is 6.41. The van der Waals surface area contributed by atoms with Gasteiger partial charge in [-0.2, -0.15) is 9.40 Å². The second kappa shape index (κ2) is 6.89. The zero-order chi connectivity index (χ0) is 15.5. The summed E-state index contributed by atoms with van der Waals surface area (Å²) in [5.74, 6) is 0. The van der Waals surface area contributed by atoms with Crippen molar-refractivity contribution in [3.05, 3.63) is 11.4 Å². The van der Waals surface area contributed by atoms with Gasteiger partial charge in [-0.25, -0.2) is 8.42 Å². The first-order valence-electron chi connectivity index (χ1n) is 7.72. The highest BCUT2D eigenvalue weighted by atomic mass is 32.2. The molecule has 0 atom stereocenters. The smallest absolute Gasteiger partial charge is 0.246 e. The van der Waals surface area contributed by atoms with Gasteiger partial charge in [0.1, 0.15) is 4.90 Å². The highest BCUT2D eigenvalue weighted by molar-refractivity contribution is 7.89. The van der Waals surface area contributed by atoms with Crippen LogP contribution in [-0.2, 0) is 10.0 Å². The summed E-state index contributed by atoms with van der Waals surface area (Å²) in [6, 6.07) is 0.101. The Morgan fingerprint density at radius 2 is 1.95 bits per heavy atom. The molecule has 7 heteroatoms. The van der Waals surface area contributed by atoms with Crippen molar-refractivity contribution in [3.63, 3.8) is 0 Å².